The van der Waals surface area contributed by atoms with Gasteiger partial charge in [0.2, 0.25) is 0 Å². The Morgan fingerprint density at radius 1 is 1.14 bits per heavy atom. The maximum atomic E-state index is 14.5. The number of ether oxygens (including phenoxy) is 2. The van der Waals surface area contributed by atoms with Crippen LogP contribution >= 0.6 is 0 Å². The highest BCUT2D eigenvalue weighted by atomic mass is 19.1. The Morgan fingerprint density at radius 2 is 1.91 bits per heavy atom. The molecule has 2 unspecified atom stereocenters. The number of rotatable bonds is 9. The van der Waals surface area contributed by atoms with Gasteiger partial charge in [-0.2, -0.15) is 0 Å². The van der Waals surface area contributed by atoms with Gasteiger partial charge in [-0.25, -0.2) is 4.39 Å². The highest BCUT2D eigenvalue weighted by Gasteiger charge is 2.41. The Hall–Kier alpha value is -3.12. The van der Waals surface area contributed by atoms with E-state index in [9.17, 15) is 9.18 Å². The number of carbonyl (C=O) groups is 1. The molecule has 1 amide bonds. The predicted octanol–water partition coefficient (Wildman–Crippen LogP) is 6.23. The molecule has 1 saturated heterocycles. The number of methoxy groups -OCH3 is 1. The van der Waals surface area contributed by atoms with Crippen LogP contribution in [0.2, 0.25) is 0 Å². The van der Waals surface area contributed by atoms with Crippen LogP contribution in [0, 0.1) is 11.7 Å². The van der Waals surface area contributed by atoms with Crippen LogP contribution in [0.4, 0.5) is 4.39 Å². The summed E-state index contributed by atoms with van der Waals surface area (Å²) in [5.41, 5.74) is 1.37. The molecule has 1 aliphatic rings. The molecule has 0 radical (unpaired) electrons. The predicted molar refractivity (Wildman–Crippen MR) is 133 cm³/mol. The van der Waals surface area contributed by atoms with Crippen LogP contribution in [-0.2, 0) is 16.7 Å². The van der Waals surface area contributed by atoms with Crippen molar-refractivity contribution in [2.45, 2.75) is 51.2 Å². The molecule has 6 heteroatoms. The topological polar surface area (TPSA) is 51.9 Å². The largest absolute Gasteiger partial charge is 0.496 e. The Labute approximate surface area is 206 Å². The zero-order valence-electron chi connectivity index (χ0n) is 20.7. The van der Waals surface area contributed by atoms with E-state index in [1.54, 1.807) is 42.3 Å². The van der Waals surface area contributed by atoms with Gasteiger partial charge in [-0.1, -0.05) is 50.2 Å². The SMILES string of the molecule is COc1ccccc1C1(CCN(Cc2ccccc2F)C(=O)c2ccco2)CCOC(C(C)C)C1. The van der Waals surface area contributed by atoms with Gasteiger partial charge in [0.1, 0.15) is 11.6 Å². The van der Waals surface area contributed by atoms with E-state index in [4.69, 9.17) is 13.9 Å². The van der Waals surface area contributed by atoms with Crippen LogP contribution in [0.3, 0.4) is 0 Å². The normalized spacial score (nSPS) is 20.1. The lowest BCUT2D eigenvalue weighted by atomic mass is 9.68. The number of carbonyl (C=O) groups excluding carboxylic acids is 1. The summed E-state index contributed by atoms with van der Waals surface area (Å²) in [6, 6.07) is 18.0. The van der Waals surface area contributed by atoms with E-state index >= 15 is 0 Å². The lowest BCUT2D eigenvalue weighted by Gasteiger charge is -2.44. The number of benzene rings is 2. The molecule has 0 N–H and O–H groups in total. The highest BCUT2D eigenvalue weighted by Crippen LogP contribution is 2.45. The minimum atomic E-state index is -0.324. The lowest BCUT2D eigenvalue weighted by molar-refractivity contribution is -0.0488. The Balaban J connectivity index is 1.67. The average molecular weight is 480 g/mol. The van der Waals surface area contributed by atoms with Gasteiger partial charge in [-0.15, -0.1) is 0 Å². The Morgan fingerprint density at radius 3 is 2.63 bits per heavy atom. The van der Waals surface area contributed by atoms with Crippen LogP contribution < -0.4 is 4.74 Å². The van der Waals surface area contributed by atoms with Gasteiger partial charge in [0.05, 0.1) is 19.5 Å². The maximum Gasteiger partial charge on any atom is 0.289 e. The van der Waals surface area contributed by atoms with Gasteiger partial charge < -0.3 is 18.8 Å². The molecular formula is C29H34FNO4. The summed E-state index contributed by atoms with van der Waals surface area (Å²) in [6.45, 7) is 5.59. The van der Waals surface area contributed by atoms with Crippen LogP contribution in [0.25, 0.3) is 0 Å². The minimum absolute atomic E-state index is 0.106. The second-order valence-electron chi connectivity index (χ2n) is 9.63. The first-order valence-corrected chi connectivity index (χ1v) is 12.2. The molecule has 2 aromatic carbocycles. The third-order valence-electron chi connectivity index (χ3n) is 7.12. The molecule has 4 rings (SSSR count). The van der Waals surface area contributed by atoms with Crippen LogP contribution in [0.15, 0.2) is 71.3 Å². The summed E-state index contributed by atoms with van der Waals surface area (Å²) in [6.07, 6.45) is 3.93. The first kappa shape index (κ1) is 25.0. The van der Waals surface area contributed by atoms with E-state index in [0.717, 1.165) is 24.2 Å². The van der Waals surface area contributed by atoms with Crippen molar-refractivity contribution in [1.82, 2.24) is 4.90 Å². The Kier molecular flexibility index (Phi) is 7.91. The van der Waals surface area contributed by atoms with Crippen molar-refractivity contribution in [2.24, 2.45) is 5.92 Å². The fraction of sp³-hybridized carbons (Fsp3) is 0.414. The third-order valence-corrected chi connectivity index (χ3v) is 7.12. The first-order chi connectivity index (χ1) is 16.9. The first-order valence-electron chi connectivity index (χ1n) is 12.2. The summed E-state index contributed by atoms with van der Waals surface area (Å²) in [7, 11) is 1.69. The minimum Gasteiger partial charge on any atom is -0.496 e. The molecule has 0 saturated carbocycles. The molecule has 1 fully saturated rings. The highest BCUT2D eigenvalue weighted by molar-refractivity contribution is 5.91. The number of halogens is 1. The fourth-order valence-electron chi connectivity index (χ4n) is 5.06. The lowest BCUT2D eigenvalue weighted by Crippen LogP contribution is -2.44. The second kappa shape index (κ2) is 11.1. The van der Waals surface area contributed by atoms with Crippen molar-refractivity contribution in [2.75, 3.05) is 20.3 Å². The van der Waals surface area contributed by atoms with Gasteiger partial charge in [0.25, 0.3) is 5.91 Å². The van der Waals surface area contributed by atoms with Gasteiger partial charge >= 0.3 is 0 Å². The van der Waals surface area contributed by atoms with E-state index in [-0.39, 0.29) is 35.5 Å². The van der Waals surface area contributed by atoms with Gasteiger partial charge in [-0.3, -0.25) is 4.79 Å². The van der Waals surface area contributed by atoms with Crippen molar-refractivity contribution >= 4 is 5.91 Å². The molecule has 1 aromatic heterocycles. The summed E-state index contributed by atoms with van der Waals surface area (Å²) in [5, 5.41) is 0. The molecule has 2 atom stereocenters. The second-order valence-corrected chi connectivity index (χ2v) is 9.63. The number of hydrogen-bond acceptors (Lipinski definition) is 4. The molecule has 0 aliphatic carbocycles. The summed E-state index contributed by atoms with van der Waals surface area (Å²) >= 11 is 0. The molecule has 5 nitrogen and oxygen atoms in total. The molecule has 3 aromatic rings. The zero-order valence-corrected chi connectivity index (χ0v) is 20.7. The van der Waals surface area contributed by atoms with Crippen molar-refractivity contribution in [3.05, 3.63) is 89.6 Å². The molecule has 35 heavy (non-hydrogen) atoms. The average Bonchev–Trinajstić information content (AvgIpc) is 3.42. The number of amides is 1. The van der Waals surface area contributed by atoms with E-state index in [2.05, 4.69) is 19.9 Å². The summed E-state index contributed by atoms with van der Waals surface area (Å²) < 4.78 is 31.8. The van der Waals surface area contributed by atoms with Crippen molar-refractivity contribution < 1.29 is 23.1 Å². The molecular weight excluding hydrogens is 445 g/mol. The van der Waals surface area contributed by atoms with E-state index < -0.39 is 0 Å². The molecule has 0 bridgehead atoms. The molecule has 186 valence electrons. The molecule has 1 aliphatic heterocycles. The zero-order chi connectivity index (χ0) is 24.8. The third kappa shape index (κ3) is 5.59. The Bertz CT molecular complexity index is 1110. The quantitative estimate of drug-likeness (QED) is 0.365. The fourth-order valence-corrected chi connectivity index (χ4v) is 5.06. The number of hydrogen-bond donors (Lipinski definition) is 0. The van der Waals surface area contributed by atoms with E-state index in [0.29, 0.717) is 31.1 Å². The van der Waals surface area contributed by atoms with Gasteiger partial charge in [0, 0.05) is 36.2 Å². The van der Waals surface area contributed by atoms with Crippen LogP contribution in [0.1, 0.15) is 54.8 Å². The maximum absolute atomic E-state index is 14.5. The van der Waals surface area contributed by atoms with Crippen LogP contribution in [0.5, 0.6) is 5.75 Å². The standard InChI is InChI=1S/C29H34FNO4/c1-21(2)27-19-29(15-18-35-27,23-10-5-7-12-25(23)33-3)14-16-31(28(32)26-13-8-17-34-26)20-22-9-4-6-11-24(22)30/h4-13,17,21,27H,14-16,18-20H2,1-3H3. The summed E-state index contributed by atoms with van der Waals surface area (Å²) in [4.78, 5) is 15.1. The van der Waals surface area contributed by atoms with Gasteiger partial charge in [-0.05, 0) is 49.4 Å². The summed E-state index contributed by atoms with van der Waals surface area (Å²) in [5.74, 6) is 0.884. The van der Waals surface area contributed by atoms with E-state index in [1.807, 2.05) is 18.2 Å². The molecule has 0 spiro atoms. The number of nitrogens with zero attached hydrogens (tertiary/aromatic N) is 1. The van der Waals surface area contributed by atoms with E-state index in [1.165, 1.54) is 12.3 Å². The van der Waals surface area contributed by atoms with Crippen LogP contribution in [-0.4, -0.2) is 37.2 Å². The van der Waals surface area contributed by atoms with Crippen molar-refractivity contribution in [3.63, 3.8) is 0 Å². The number of furan rings is 1. The monoisotopic (exact) mass is 479 g/mol. The van der Waals surface area contributed by atoms with Crippen molar-refractivity contribution in [1.29, 1.82) is 0 Å². The van der Waals surface area contributed by atoms with Gasteiger partial charge in [0.15, 0.2) is 5.76 Å². The smallest absolute Gasteiger partial charge is 0.289 e. The van der Waals surface area contributed by atoms with Crippen molar-refractivity contribution in [3.8, 4) is 5.75 Å². The number of para-hydroxylation sites is 1. The molecule has 2 heterocycles.